The van der Waals surface area contributed by atoms with Crippen molar-refractivity contribution in [3.63, 3.8) is 0 Å². The van der Waals surface area contributed by atoms with Gasteiger partial charge in [0, 0.05) is 0 Å². The van der Waals surface area contributed by atoms with Crippen molar-refractivity contribution in [1.82, 2.24) is 0 Å². The van der Waals surface area contributed by atoms with Crippen molar-refractivity contribution in [2.45, 2.75) is 5.25 Å². The molecule has 31 valence electrons. The minimum atomic E-state index is -0.412. The molecule has 0 saturated heterocycles. The van der Waals surface area contributed by atoms with Gasteiger partial charge in [-0.1, -0.05) is 18.7 Å². The molecule has 0 aromatic carbocycles. The van der Waals surface area contributed by atoms with Gasteiger partial charge in [-0.25, -0.2) is 0 Å². The molecule has 1 radical (unpaired) electrons. The second-order valence-electron chi connectivity index (χ2n) is 0.785. The standard InChI is InChI=1S/C4H4NS/c1-2-4(6)3-5/h2,4H,1H2. The molecule has 2 heteroatoms. The summed E-state index contributed by atoms with van der Waals surface area (Å²) in [7, 11) is 0. The van der Waals surface area contributed by atoms with Gasteiger partial charge in [0.2, 0.25) is 0 Å². The maximum absolute atomic E-state index is 7.91. The van der Waals surface area contributed by atoms with E-state index >= 15 is 0 Å². The van der Waals surface area contributed by atoms with Crippen molar-refractivity contribution >= 4 is 12.6 Å². The predicted molar refractivity (Wildman–Crippen MR) is 27.2 cm³/mol. The predicted octanol–water partition coefficient (Wildman–Crippen LogP) is 1.26. The third-order valence-corrected chi connectivity index (χ3v) is 0.639. The molecular formula is C4H4NS. The summed E-state index contributed by atoms with van der Waals surface area (Å²) in [5.41, 5.74) is 0. The van der Waals surface area contributed by atoms with Crippen LogP contribution in [0, 0.1) is 11.3 Å². The summed E-state index contributed by atoms with van der Waals surface area (Å²) >= 11 is 4.46. The van der Waals surface area contributed by atoms with E-state index in [4.69, 9.17) is 5.26 Å². The highest BCUT2D eigenvalue weighted by atomic mass is 32.1. The molecule has 1 unspecified atom stereocenters. The van der Waals surface area contributed by atoms with Crippen molar-refractivity contribution in [3.8, 4) is 6.07 Å². The molecule has 0 saturated carbocycles. The van der Waals surface area contributed by atoms with Crippen molar-refractivity contribution < 1.29 is 0 Å². The van der Waals surface area contributed by atoms with Gasteiger partial charge in [0.1, 0.15) is 5.25 Å². The van der Waals surface area contributed by atoms with Gasteiger partial charge >= 0.3 is 0 Å². The molecule has 0 bridgehead atoms. The topological polar surface area (TPSA) is 23.8 Å². The van der Waals surface area contributed by atoms with Crippen LogP contribution in [0.1, 0.15) is 0 Å². The first-order chi connectivity index (χ1) is 2.81. The minimum absolute atomic E-state index is 0.412. The Morgan fingerprint density at radius 1 is 2.00 bits per heavy atom. The fraction of sp³-hybridized carbons (Fsp3) is 0.250. The Morgan fingerprint density at radius 2 is 2.50 bits per heavy atom. The molecule has 0 spiro atoms. The molecule has 0 aromatic heterocycles. The average molecular weight is 98.2 g/mol. The SMILES string of the molecule is C=CC([S])C#N. The molecule has 1 nitrogen and oxygen atoms in total. The van der Waals surface area contributed by atoms with Gasteiger partial charge in [0.15, 0.2) is 0 Å². The first-order valence-corrected chi connectivity index (χ1v) is 1.96. The van der Waals surface area contributed by atoms with Crippen molar-refractivity contribution in [1.29, 1.82) is 5.26 Å². The zero-order valence-electron chi connectivity index (χ0n) is 3.22. The fourth-order valence-corrected chi connectivity index (χ4v) is 0.0527. The molecule has 0 aromatic rings. The highest BCUT2D eigenvalue weighted by Crippen LogP contribution is 1.89. The molecule has 0 N–H and O–H groups in total. The minimum Gasteiger partial charge on any atom is -0.197 e. The Morgan fingerprint density at radius 3 is 2.50 bits per heavy atom. The second-order valence-corrected chi connectivity index (χ2v) is 1.29. The molecule has 1 atom stereocenters. The maximum atomic E-state index is 7.91. The van der Waals surface area contributed by atoms with Gasteiger partial charge in [-0.3, -0.25) is 0 Å². The van der Waals surface area contributed by atoms with E-state index in [-0.39, 0.29) is 0 Å². The molecule has 0 fully saturated rings. The van der Waals surface area contributed by atoms with Gasteiger partial charge in [-0.15, -0.1) is 6.58 Å². The van der Waals surface area contributed by atoms with Crippen LogP contribution in [0.3, 0.4) is 0 Å². The van der Waals surface area contributed by atoms with Gasteiger partial charge in [0.05, 0.1) is 6.07 Å². The Kier molecular flexibility index (Phi) is 2.60. The van der Waals surface area contributed by atoms with E-state index in [1.165, 1.54) is 6.08 Å². The summed E-state index contributed by atoms with van der Waals surface area (Å²) in [6, 6.07) is 1.81. The maximum Gasteiger partial charge on any atom is 0.120 e. The van der Waals surface area contributed by atoms with Crippen molar-refractivity contribution in [2.24, 2.45) is 0 Å². The Labute approximate surface area is 42.7 Å². The summed E-state index contributed by atoms with van der Waals surface area (Å²) in [6.45, 7) is 3.30. The van der Waals surface area contributed by atoms with Crippen LogP contribution in [-0.2, 0) is 0 Å². The summed E-state index contributed by atoms with van der Waals surface area (Å²) in [5.74, 6) is 0. The van der Waals surface area contributed by atoms with E-state index in [2.05, 4.69) is 19.2 Å². The van der Waals surface area contributed by atoms with Crippen molar-refractivity contribution in [2.75, 3.05) is 0 Å². The van der Waals surface area contributed by atoms with Crippen LogP contribution in [0.15, 0.2) is 12.7 Å². The van der Waals surface area contributed by atoms with Crippen LogP contribution < -0.4 is 0 Å². The van der Waals surface area contributed by atoms with E-state index in [9.17, 15) is 0 Å². The lowest BCUT2D eigenvalue weighted by molar-refractivity contribution is 1.39. The Bertz CT molecular complexity index is 82.0. The van der Waals surface area contributed by atoms with Crippen LogP contribution >= 0.6 is 12.6 Å². The van der Waals surface area contributed by atoms with E-state index in [1.807, 2.05) is 6.07 Å². The van der Waals surface area contributed by atoms with E-state index in [1.54, 1.807) is 0 Å². The zero-order valence-corrected chi connectivity index (χ0v) is 4.03. The van der Waals surface area contributed by atoms with E-state index in [0.717, 1.165) is 0 Å². The van der Waals surface area contributed by atoms with Gasteiger partial charge in [-0.05, 0) is 0 Å². The molecule has 0 aliphatic carbocycles. The van der Waals surface area contributed by atoms with E-state index in [0.29, 0.717) is 0 Å². The summed E-state index contributed by atoms with van der Waals surface area (Å²) in [6.07, 6.45) is 1.43. The number of rotatable bonds is 1. The van der Waals surface area contributed by atoms with Gasteiger partial charge in [-0.2, -0.15) is 5.26 Å². The normalized spacial score (nSPS) is 12.0. The summed E-state index contributed by atoms with van der Waals surface area (Å²) in [4.78, 5) is 0. The number of hydrogen-bond acceptors (Lipinski definition) is 1. The average Bonchev–Trinajstić information content (AvgIpc) is 1.65. The molecule has 6 heavy (non-hydrogen) atoms. The van der Waals surface area contributed by atoms with Gasteiger partial charge < -0.3 is 0 Å². The quantitative estimate of drug-likeness (QED) is 0.453. The molecule has 0 heterocycles. The lowest BCUT2D eigenvalue weighted by Gasteiger charge is -1.78. The molecular weight excluding hydrogens is 94.1 g/mol. The van der Waals surface area contributed by atoms with Crippen LogP contribution in [0.25, 0.3) is 0 Å². The molecule has 0 aliphatic heterocycles. The molecule has 0 aliphatic rings. The number of nitriles is 1. The monoisotopic (exact) mass is 98.0 g/mol. The highest BCUT2D eigenvalue weighted by Gasteiger charge is 1.86. The van der Waals surface area contributed by atoms with Gasteiger partial charge in [0.25, 0.3) is 0 Å². The third-order valence-electron chi connectivity index (χ3n) is 0.341. The Balaban J connectivity index is 3.30. The van der Waals surface area contributed by atoms with Crippen LogP contribution in [0.4, 0.5) is 0 Å². The molecule has 0 amide bonds. The summed E-state index contributed by atoms with van der Waals surface area (Å²) < 4.78 is 0. The fourth-order valence-electron chi connectivity index (χ4n) is 0.0527. The van der Waals surface area contributed by atoms with Crippen LogP contribution in [0.2, 0.25) is 0 Å². The first kappa shape index (κ1) is 5.58. The highest BCUT2D eigenvalue weighted by molar-refractivity contribution is 7.81. The number of hydrogen-bond donors (Lipinski definition) is 0. The van der Waals surface area contributed by atoms with Crippen molar-refractivity contribution in [3.05, 3.63) is 12.7 Å². The van der Waals surface area contributed by atoms with Crippen LogP contribution in [-0.4, -0.2) is 5.25 Å². The van der Waals surface area contributed by atoms with Crippen LogP contribution in [0.5, 0.6) is 0 Å². The Hall–Kier alpha value is -0.420. The number of nitrogens with zero attached hydrogens (tertiary/aromatic N) is 1. The lowest BCUT2D eigenvalue weighted by atomic mass is 10.5. The zero-order chi connectivity index (χ0) is 4.99. The smallest absolute Gasteiger partial charge is 0.120 e. The molecule has 0 rings (SSSR count). The first-order valence-electron chi connectivity index (χ1n) is 1.49. The lowest BCUT2D eigenvalue weighted by Crippen LogP contribution is -1.81. The second kappa shape index (κ2) is 2.80. The summed E-state index contributed by atoms with van der Waals surface area (Å²) in [5, 5.41) is 7.50. The largest absolute Gasteiger partial charge is 0.197 e. The van der Waals surface area contributed by atoms with E-state index < -0.39 is 5.25 Å². The third kappa shape index (κ3) is 1.86.